The first-order valence-electron chi connectivity index (χ1n) is 6.20. The van der Waals surface area contributed by atoms with Crippen molar-refractivity contribution in [3.8, 4) is 0 Å². The number of carbonyl (C=O) groups is 1. The van der Waals surface area contributed by atoms with Crippen molar-refractivity contribution in [2.75, 3.05) is 0 Å². The first-order chi connectivity index (χ1) is 8.95. The molecule has 0 aliphatic rings. The van der Waals surface area contributed by atoms with E-state index in [2.05, 4.69) is 28.2 Å². The number of amides is 1. The highest BCUT2D eigenvalue weighted by molar-refractivity contribution is 9.10. The van der Waals surface area contributed by atoms with Gasteiger partial charge in [0.05, 0.1) is 9.40 Å². The van der Waals surface area contributed by atoms with Gasteiger partial charge in [0.15, 0.2) is 0 Å². The minimum atomic E-state index is -0.513. The highest BCUT2D eigenvalue weighted by Crippen LogP contribution is 2.25. The Bertz CT molecular complexity index is 477. The molecule has 0 fully saturated rings. The van der Waals surface area contributed by atoms with Crippen LogP contribution in [0.15, 0.2) is 22.7 Å². The second-order valence-electron chi connectivity index (χ2n) is 4.44. The van der Waals surface area contributed by atoms with Crippen LogP contribution >= 0.6 is 15.9 Å². The van der Waals surface area contributed by atoms with Crippen LogP contribution in [0.1, 0.15) is 43.5 Å². The number of nitro benzene ring substituents is 1. The first-order valence-corrected chi connectivity index (χ1v) is 6.99. The second-order valence-corrected chi connectivity index (χ2v) is 5.29. The van der Waals surface area contributed by atoms with Gasteiger partial charge in [0.1, 0.15) is 0 Å². The number of hydrogen-bond acceptors (Lipinski definition) is 3. The van der Waals surface area contributed by atoms with Crippen molar-refractivity contribution >= 4 is 27.5 Å². The highest BCUT2D eigenvalue weighted by Gasteiger charge is 2.16. The van der Waals surface area contributed by atoms with E-state index < -0.39 is 4.92 Å². The summed E-state index contributed by atoms with van der Waals surface area (Å²) in [6.07, 6.45) is 3.02. The smallest absolute Gasteiger partial charge is 0.284 e. The summed E-state index contributed by atoms with van der Waals surface area (Å²) in [5, 5.41) is 13.6. The van der Waals surface area contributed by atoms with Crippen LogP contribution in [0, 0.1) is 10.1 Å². The standard InChI is InChI=1S/C13H17BrN2O3/c1-3-4-5-9(2)15-13(17)10-6-7-11(14)12(8-10)16(18)19/h6-9H,3-5H2,1-2H3,(H,15,17). The fourth-order valence-corrected chi connectivity index (χ4v) is 2.07. The van der Waals surface area contributed by atoms with Crippen LogP contribution < -0.4 is 5.32 Å². The van der Waals surface area contributed by atoms with E-state index in [0.717, 1.165) is 19.3 Å². The lowest BCUT2D eigenvalue weighted by Gasteiger charge is -2.13. The van der Waals surface area contributed by atoms with Crippen LogP contribution in [0.25, 0.3) is 0 Å². The maximum atomic E-state index is 12.0. The van der Waals surface area contributed by atoms with Crippen molar-refractivity contribution in [2.45, 2.75) is 39.2 Å². The van der Waals surface area contributed by atoms with Crippen LogP contribution in [0.2, 0.25) is 0 Å². The van der Waals surface area contributed by atoms with Crippen molar-refractivity contribution < 1.29 is 9.72 Å². The molecule has 0 heterocycles. The molecule has 0 radical (unpaired) electrons. The third-order valence-corrected chi connectivity index (χ3v) is 3.44. The molecule has 0 aromatic heterocycles. The molecule has 19 heavy (non-hydrogen) atoms. The number of hydrogen-bond donors (Lipinski definition) is 1. The third-order valence-electron chi connectivity index (χ3n) is 2.77. The third kappa shape index (κ3) is 4.63. The number of nitro groups is 1. The monoisotopic (exact) mass is 328 g/mol. The molecule has 1 aromatic rings. The zero-order chi connectivity index (χ0) is 14.4. The Balaban J connectivity index is 2.77. The second kappa shape index (κ2) is 7.23. The molecule has 0 bridgehead atoms. The van der Waals surface area contributed by atoms with Gasteiger partial charge in [0, 0.05) is 17.7 Å². The van der Waals surface area contributed by atoms with Crippen molar-refractivity contribution in [3.63, 3.8) is 0 Å². The van der Waals surface area contributed by atoms with E-state index in [1.807, 2.05) is 6.92 Å². The van der Waals surface area contributed by atoms with Gasteiger partial charge in [0.2, 0.25) is 0 Å². The van der Waals surface area contributed by atoms with Crippen LogP contribution in [0.4, 0.5) is 5.69 Å². The van der Waals surface area contributed by atoms with Crippen molar-refractivity contribution in [2.24, 2.45) is 0 Å². The SMILES string of the molecule is CCCCC(C)NC(=O)c1ccc(Br)c([N+](=O)[O-])c1. The molecule has 0 saturated heterocycles. The van der Waals surface area contributed by atoms with Gasteiger partial charge >= 0.3 is 0 Å². The molecule has 0 aliphatic heterocycles. The highest BCUT2D eigenvalue weighted by atomic mass is 79.9. The minimum Gasteiger partial charge on any atom is -0.350 e. The summed E-state index contributed by atoms with van der Waals surface area (Å²) >= 11 is 3.09. The molecule has 6 heteroatoms. The summed E-state index contributed by atoms with van der Waals surface area (Å²) in [5.74, 6) is -0.279. The maximum absolute atomic E-state index is 12.0. The Hall–Kier alpha value is -1.43. The molecule has 1 N–H and O–H groups in total. The molecule has 1 unspecified atom stereocenters. The number of halogens is 1. The maximum Gasteiger partial charge on any atom is 0.284 e. The van der Waals surface area contributed by atoms with Crippen LogP contribution in [0.5, 0.6) is 0 Å². The Labute approximate surface area is 120 Å². The molecular weight excluding hydrogens is 312 g/mol. The van der Waals surface area contributed by atoms with Gasteiger partial charge < -0.3 is 5.32 Å². The van der Waals surface area contributed by atoms with Gasteiger partial charge in [-0.2, -0.15) is 0 Å². The van der Waals surface area contributed by atoms with Gasteiger partial charge in [-0.15, -0.1) is 0 Å². The average molecular weight is 329 g/mol. The van der Waals surface area contributed by atoms with E-state index in [0.29, 0.717) is 10.0 Å². The molecule has 104 valence electrons. The Kier molecular flexibility index (Phi) is 5.95. The van der Waals surface area contributed by atoms with Crippen LogP contribution in [0.3, 0.4) is 0 Å². The van der Waals surface area contributed by atoms with Crippen LogP contribution in [-0.2, 0) is 0 Å². The first kappa shape index (κ1) is 15.6. The Morgan fingerprint density at radius 1 is 1.53 bits per heavy atom. The molecule has 1 atom stereocenters. The topological polar surface area (TPSA) is 72.2 Å². The largest absolute Gasteiger partial charge is 0.350 e. The molecule has 5 nitrogen and oxygen atoms in total. The molecule has 1 amide bonds. The number of carbonyl (C=O) groups excluding carboxylic acids is 1. The van der Waals surface area contributed by atoms with Crippen LogP contribution in [-0.4, -0.2) is 16.9 Å². The predicted octanol–water partition coefficient (Wildman–Crippen LogP) is 3.67. The van der Waals surface area contributed by atoms with E-state index in [1.54, 1.807) is 6.07 Å². The molecule has 0 aliphatic carbocycles. The predicted molar refractivity (Wildman–Crippen MR) is 77.2 cm³/mol. The van der Waals surface area contributed by atoms with Gasteiger partial charge in [-0.1, -0.05) is 19.8 Å². The summed E-state index contributed by atoms with van der Waals surface area (Å²) in [6.45, 7) is 4.02. The normalized spacial score (nSPS) is 11.9. The molecule has 1 rings (SSSR count). The number of unbranched alkanes of at least 4 members (excludes halogenated alkanes) is 1. The summed E-state index contributed by atoms with van der Waals surface area (Å²) in [5.41, 5.74) is 0.201. The number of nitrogens with zero attached hydrogens (tertiary/aromatic N) is 1. The molecule has 0 spiro atoms. The minimum absolute atomic E-state index is 0.0650. The molecule has 0 saturated carbocycles. The van der Waals surface area contributed by atoms with Gasteiger partial charge in [0.25, 0.3) is 11.6 Å². The lowest BCUT2D eigenvalue weighted by molar-refractivity contribution is -0.385. The summed E-state index contributed by atoms with van der Waals surface area (Å²) in [7, 11) is 0. The lowest BCUT2D eigenvalue weighted by atomic mass is 10.1. The summed E-state index contributed by atoms with van der Waals surface area (Å²) in [6, 6.07) is 4.43. The zero-order valence-electron chi connectivity index (χ0n) is 11.0. The quantitative estimate of drug-likeness (QED) is 0.639. The number of benzene rings is 1. The lowest BCUT2D eigenvalue weighted by Crippen LogP contribution is -2.32. The van der Waals surface area contributed by atoms with E-state index in [1.165, 1.54) is 12.1 Å². The average Bonchev–Trinajstić information content (AvgIpc) is 2.36. The fraction of sp³-hybridized carbons (Fsp3) is 0.462. The number of nitrogens with one attached hydrogen (secondary N) is 1. The Morgan fingerprint density at radius 2 is 2.21 bits per heavy atom. The summed E-state index contributed by atoms with van der Waals surface area (Å²) < 4.78 is 0.369. The summed E-state index contributed by atoms with van der Waals surface area (Å²) in [4.78, 5) is 22.2. The fourth-order valence-electron chi connectivity index (χ4n) is 1.68. The van der Waals surface area contributed by atoms with E-state index >= 15 is 0 Å². The van der Waals surface area contributed by atoms with E-state index in [-0.39, 0.29) is 17.6 Å². The molecular formula is C13H17BrN2O3. The van der Waals surface area contributed by atoms with E-state index in [9.17, 15) is 14.9 Å². The van der Waals surface area contributed by atoms with E-state index in [4.69, 9.17) is 0 Å². The van der Waals surface area contributed by atoms with Gasteiger partial charge in [-0.25, -0.2) is 0 Å². The van der Waals surface area contributed by atoms with Gasteiger partial charge in [-0.05, 0) is 41.4 Å². The van der Waals surface area contributed by atoms with Crippen molar-refractivity contribution in [3.05, 3.63) is 38.3 Å². The molecule has 1 aromatic carbocycles. The van der Waals surface area contributed by atoms with Crippen molar-refractivity contribution in [1.82, 2.24) is 5.32 Å². The van der Waals surface area contributed by atoms with Crippen molar-refractivity contribution in [1.29, 1.82) is 0 Å². The Morgan fingerprint density at radius 3 is 2.79 bits per heavy atom. The van der Waals surface area contributed by atoms with Gasteiger partial charge in [-0.3, -0.25) is 14.9 Å². The number of rotatable bonds is 6. The zero-order valence-corrected chi connectivity index (χ0v) is 12.6.